The van der Waals surface area contributed by atoms with E-state index in [4.69, 9.17) is 15.6 Å². The summed E-state index contributed by atoms with van der Waals surface area (Å²) in [5, 5.41) is 9.07. The summed E-state index contributed by atoms with van der Waals surface area (Å²) >= 11 is 0. The molecule has 0 spiro atoms. The largest absolute Gasteiger partial charge is 0.416 e. The summed E-state index contributed by atoms with van der Waals surface area (Å²) in [7, 11) is 0. The van der Waals surface area contributed by atoms with Gasteiger partial charge in [-0.2, -0.15) is 26.3 Å². The van der Waals surface area contributed by atoms with Gasteiger partial charge in [-0.3, -0.25) is 4.90 Å². The molecule has 3 rings (SSSR count). The zero-order chi connectivity index (χ0) is 30.5. The summed E-state index contributed by atoms with van der Waals surface area (Å²) in [4.78, 5) is 2.23. The third kappa shape index (κ3) is 19.0. The summed E-state index contributed by atoms with van der Waals surface area (Å²) in [6, 6.07) is 11.3. The SMILES string of the molecule is CC.CCC.C[C@@H](O)c1cc(C(F)(F)F)cc(C(F)(F)F)c1.Fc1ccccc1.NC#CCN1CCOCC1. The average Bonchev–Trinajstić information content (AvgIpc) is 2.89. The van der Waals surface area contributed by atoms with Gasteiger partial charge in [0.05, 0.1) is 37.0 Å². The Morgan fingerprint density at radius 1 is 0.923 bits per heavy atom. The van der Waals surface area contributed by atoms with Gasteiger partial charge < -0.3 is 15.6 Å². The zero-order valence-corrected chi connectivity index (χ0v) is 23.0. The third-order valence-corrected chi connectivity index (χ3v) is 4.33. The highest BCUT2D eigenvalue weighted by molar-refractivity contribution is 5.34. The minimum absolute atomic E-state index is 0.0197. The van der Waals surface area contributed by atoms with E-state index in [2.05, 4.69) is 30.7 Å². The van der Waals surface area contributed by atoms with Crippen LogP contribution in [0.15, 0.2) is 48.5 Å². The van der Waals surface area contributed by atoms with Crippen LogP contribution < -0.4 is 5.73 Å². The lowest BCUT2D eigenvalue weighted by atomic mass is 10.0. The maximum absolute atomic E-state index is 12.4. The molecule has 2 aromatic carbocycles. The second-order valence-corrected chi connectivity index (χ2v) is 7.73. The van der Waals surface area contributed by atoms with Crippen molar-refractivity contribution in [2.24, 2.45) is 5.73 Å². The van der Waals surface area contributed by atoms with Gasteiger partial charge in [-0.15, -0.1) is 0 Å². The van der Waals surface area contributed by atoms with E-state index in [1.165, 1.54) is 18.6 Å². The number of hydrogen-bond acceptors (Lipinski definition) is 4. The van der Waals surface area contributed by atoms with Crippen molar-refractivity contribution in [3.63, 3.8) is 0 Å². The van der Waals surface area contributed by atoms with Gasteiger partial charge in [-0.1, -0.05) is 58.2 Å². The van der Waals surface area contributed by atoms with Crippen molar-refractivity contribution in [3.8, 4) is 12.0 Å². The van der Waals surface area contributed by atoms with E-state index in [9.17, 15) is 30.7 Å². The fourth-order valence-electron chi connectivity index (χ4n) is 2.55. The molecule has 4 nitrogen and oxygen atoms in total. The number of aliphatic hydroxyl groups is 1. The van der Waals surface area contributed by atoms with Gasteiger partial charge in [0.2, 0.25) is 0 Å². The molecule has 0 saturated carbocycles. The normalized spacial score (nSPS) is 13.7. The standard InChI is InChI=1S/C10H8F6O.C7H12N2O.C6H5F.C3H8.C2H6/c1-5(17)6-2-7(9(11,12)13)4-8(3-6)10(14,15)16;8-2-1-3-9-4-6-10-7-5-9;7-6-4-2-1-3-5-6;1-3-2;1-2/h2-5,17H,1H3;3-8H2;1-5H;3H2,1-2H3;1-2H3/t5-;;;;/m1..../s1. The van der Waals surface area contributed by atoms with Gasteiger partial charge in [0, 0.05) is 19.1 Å². The van der Waals surface area contributed by atoms with E-state index < -0.39 is 35.1 Å². The summed E-state index contributed by atoms with van der Waals surface area (Å²) < 4.78 is 91.2. The van der Waals surface area contributed by atoms with E-state index in [1.54, 1.807) is 18.2 Å². The van der Waals surface area contributed by atoms with Gasteiger partial charge >= 0.3 is 12.4 Å². The van der Waals surface area contributed by atoms with Crippen molar-refractivity contribution in [1.82, 2.24) is 4.90 Å². The van der Waals surface area contributed by atoms with Crippen LogP contribution in [-0.4, -0.2) is 42.9 Å². The molecule has 1 heterocycles. The van der Waals surface area contributed by atoms with Crippen LogP contribution in [0.1, 0.15) is 63.8 Å². The van der Waals surface area contributed by atoms with Crippen molar-refractivity contribution < 1.29 is 40.6 Å². The van der Waals surface area contributed by atoms with Gasteiger partial charge in [-0.25, -0.2) is 4.39 Å². The number of hydrogen-bond donors (Lipinski definition) is 2. The molecule has 3 N–H and O–H groups in total. The van der Waals surface area contributed by atoms with Crippen LogP contribution in [0.25, 0.3) is 0 Å². The number of nitrogens with two attached hydrogens (primary N) is 1. The summed E-state index contributed by atoms with van der Waals surface area (Å²) in [6.07, 6.45) is -9.92. The number of aliphatic hydroxyl groups excluding tert-OH is 1. The molecule has 222 valence electrons. The Balaban J connectivity index is 0. The minimum Gasteiger partial charge on any atom is -0.389 e. The highest BCUT2D eigenvalue weighted by Gasteiger charge is 2.37. The molecule has 1 fully saturated rings. The number of ether oxygens (including phenoxy) is 1. The van der Waals surface area contributed by atoms with Crippen LogP contribution in [-0.2, 0) is 17.1 Å². The highest BCUT2D eigenvalue weighted by Crippen LogP contribution is 2.37. The Hall–Kier alpha value is -2.81. The van der Waals surface area contributed by atoms with Gasteiger partial charge in [-0.05, 0) is 42.8 Å². The molecular formula is C28H39F7N2O2. The molecule has 0 aliphatic carbocycles. The molecule has 1 atom stereocenters. The maximum Gasteiger partial charge on any atom is 0.416 e. The topological polar surface area (TPSA) is 58.7 Å². The summed E-state index contributed by atoms with van der Waals surface area (Å²) in [5.41, 5.74) is 1.75. The number of rotatable bonds is 2. The van der Waals surface area contributed by atoms with Crippen LogP contribution in [0.4, 0.5) is 30.7 Å². The molecule has 0 unspecified atom stereocenters. The van der Waals surface area contributed by atoms with Crippen molar-refractivity contribution >= 4 is 0 Å². The van der Waals surface area contributed by atoms with E-state index in [0.717, 1.165) is 39.8 Å². The highest BCUT2D eigenvalue weighted by atomic mass is 19.4. The first-order valence-corrected chi connectivity index (χ1v) is 12.4. The van der Waals surface area contributed by atoms with Gasteiger partial charge in [0.15, 0.2) is 0 Å². The second kappa shape index (κ2) is 21.1. The Morgan fingerprint density at radius 3 is 1.67 bits per heavy atom. The molecule has 1 saturated heterocycles. The lowest BCUT2D eigenvalue weighted by molar-refractivity contribution is -0.143. The molecule has 2 aromatic rings. The Labute approximate surface area is 227 Å². The van der Waals surface area contributed by atoms with Gasteiger partial charge in [0.25, 0.3) is 0 Å². The lowest BCUT2D eigenvalue weighted by Crippen LogP contribution is -2.36. The number of halogens is 7. The Kier molecular flexibility index (Phi) is 20.7. The zero-order valence-electron chi connectivity index (χ0n) is 23.0. The average molecular weight is 569 g/mol. The van der Waals surface area contributed by atoms with Gasteiger partial charge in [0.1, 0.15) is 5.82 Å². The van der Waals surface area contributed by atoms with Crippen molar-refractivity contribution in [2.75, 3.05) is 32.8 Å². The van der Waals surface area contributed by atoms with Crippen LogP contribution in [0.5, 0.6) is 0 Å². The first-order valence-electron chi connectivity index (χ1n) is 12.4. The Bertz CT molecular complexity index is 901. The second-order valence-electron chi connectivity index (χ2n) is 7.73. The molecule has 39 heavy (non-hydrogen) atoms. The first kappa shape index (κ1) is 38.3. The number of morpholine rings is 1. The van der Waals surface area contributed by atoms with Crippen molar-refractivity contribution in [3.05, 3.63) is 71.0 Å². The van der Waals surface area contributed by atoms with Crippen molar-refractivity contribution in [1.29, 1.82) is 0 Å². The van der Waals surface area contributed by atoms with Crippen molar-refractivity contribution in [2.45, 2.75) is 59.5 Å². The quantitative estimate of drug-likeness (QED) is 0.227. The van der Waals surface area contributed by atoms with E-state index in [0.29, 0.717) is 12.1 Å². The number of benzene rings is 2. The molecule has 11 heteroatoms. The smallest absolute Gasteiger partial charge is 0.389 e. The minimum atomic E-state index is -4.88. The molecule has 0 radical (unpaired) electrons. The molecular weight excluding hydrogens is 529 g/mol. The summed E-state index contributed by atoms with van der Waals surface area (Å²) in [6.45, 7) is 13.7. The van der Waals surface area contributed by atoms with E-state index in [-0.39, 0.29) is 11.9 Å². The number of nitrogens with zero attached hydrogens (tertiary/aromatic N) is 1. The van der Waals surface area contributed by atoms with E-state index in [1.807, 2.05) is 13.8 Å². The van der Waals surface area contributed by atoms with Crippen LogP contribution in [0, 0.1) is 17.8 Å². The van der Waals surface area contributed by atoms with Crippen LogP contribution >= 0.6 is 0 Å². The predicted octanol–water partition coefficient (Wildman–Crippen LogP) is 7.28. The fourth-order valence-corrected chi connectivity index (χ4v) is 2.55. The maximum atomic E-state index is 12.4. The third-order valence-electron chi connectivity index (χ3n) is 4.33. The summed E-state index contributed by atoms with van der Waals surface area (Å²) in [5.74, 6) is 2.64. The van der Waals surface area contributed by atoms with Crippen LogP contribution in [0.2, 0.25) is 0 Å². The molecule has 0 aromatic heterocycles. The monoisotopic (exact) mass is 568 g/mol. The number of alkyl halides is 6. The molecule has 1 aliphatic rings. The van der Waals surface area contributed by atoms with E-state index >= 15 is 0 Å². The fraction of sp³-hybridized carbons (Fsp3) is 0.500. The molecule has 1 aliphatic heterocycles. The Morgan fingerprint density at radius 2 is 1.36 bits per heavy atom. The first-order chi connectivity index (χ1) is 18.3. The predicted molar refractivity (Wildman–Crippen MR) is 140 cm³/mol. The lowest BCUT2D eigenvalue weighted by Gasteiger charge is -2.23. The molecule has 0 bridgehead atoms. The molecule has 0 amide bonds. The van der Waals surface area contributed by atoms with Crippen LogP contribution in [0.3, 0.4) is 0 Å².